The molecule has 0 saturated carbocycles. The van der Waals surface area contributed by atoms with Crippen molar-refractivity contribution in [3.8, 4) is 6.07 Å². The predicted molar refractivity (Wildman–Crippen MR) is 62.6 cm³/mol. The summed E-state index contributed by atoms with van der Waals surface area (Å²) >= 11 is 0. The van der Waals surface area contributed by atoms with Crippen molar-refractivity contribution in [2.24, 2.45) is 0 Å². The van der Waals surface area contributed by atoms with Crippen molar-refractivity contribution in [2.75, 3.05) is 26.2 Å². The first-order chi connectivity index (χ1) is 7.26. The summed E-state index contributed by atoms with van der Waals surface area (Å²) in [7, 11) is 0. The fourth-order valence-corrected chi connectivity index (χ4v) is 2.17. The third kappa shape index (κ3) is 3.48. The molecular formula is C12H23N3. The van der Waals surface area contributed by atoms with Crippen LogP contribution in [0, 0.1) is 11.3 Å². The number of nitrogens with zero attached hydrogens (tertiary/aromatic N) is 2. The average Bonchev–Trinajstić information content (AvgIpc) is 2.29. The molecule has 0 aromatic carbocycles. The first-order valence-electron chi connectivity index (χ1n) is 6.15. The lowest BCUT2D eigenvalue weighted by Gasteiger charge is -2.37. The van der Waals surface area contributed by atoms with E-state index in [1.165, 1.54) is 13.0 Å². The van der Waals surface area contributed by atoms with Crippen molar-refractivity contribution in [1.82, 2.24) is 10.2 Å². The molecule has 0 aliphatic carbocycles. The highest BCUT2D eigenvalue weighted by molar-refractivity contribution is 5.09. The minimum Gasteiger partial charge on any atom is -0.303 e. The van der Waals surface area contributed by atoms with Crippen LogP contribution < -0.4 is 5.32 Å². The Hall–Kier alpha value is -0.590. The summed E-state index contributed by atoms with van der Waals surface area (Å²) in [5.74, 6) is 0. The van der Waals surface area contributed by atoms with E-state index in [1.54, 1.807) is 0 Å². The van der Waals surface area contributed by atoms with Crippen LogP contribution in [0.3, 0.4) is 0 Å². The molecule has 1 heterocycles. The van der Waals surface area contributed by atoms with Crippen LogP contribution in [0.4, 0.5) is 0 Å². The SMILES string of the molecule is CCCNC1(C#N)CCN(CCC)CC1. The Balaban J connectivity index is 2.41. The van der Waals surface area contributed by atoms with Crippen molar-refractivity contribution >= 4 is 0 Å². The van der Waals surface area contributed by atoms with Gasteiger partial charge in [0.1, 0.15) is 5.54 Å². The van der Waals surface area contributed by atoms with Crippen LogP contribution in [0.25, 0.3) is 0 Å². The second-order valence-corrected chi connectivity index (χ2v) is 4.46. The Morgan fingerprint density at radius 1 is 1.27 bits per heavy atom. The fraction of sp³-hybridized carbons (Fsp3) is 0.917. The molecule has 3 heteroatoms. The van der Waals surface area contributed by atoms with E-state index in [1.807, 2.05) is 0 Å². The summed E-state index contributed by atoms with van der Waals surface area (Å²) in [5, 5.41) is 12.7. The van der Waals surface area contributed by atoms with Gasteiger partial charge in [-0.15, -0.1) is 0 Å². The van der Waals surface area contributed by atoms with E-state index in [-0.39, 0.29) is 5.54 Å². The van der Waals surface area contributed by atoms with Gasteiger partial charge < -0.3 is 4.90 Å². The average molecular weight is 209 g/mol. The molecule has 15 heavy (non-hydrogen) atoms. The molecule has 86 valence electrons. The molecule has 0 amide bonds. The summed E-state index contributed by atoms with van der Waals surface area (Å²) in [6.07, 6.45) is 4.26. The van der Waals surface area contributed by atoms with E-state index >= 15 is 0 Å². The first-order valence-corrected chi connectivity index (χ1v) is 6.15. The maximum atomic E-state index is 9.25. The smallest absolute Gasteiger partial charge is 0.109 e. The zero-order valence-corrected chi connectivity index (χ0v) is 10.1. The Bertz CT molecular complexity index is 211. The summed E-state index contributed by atoms with van der Waals surface area (Å²) in [6, 6.07) is 2.48. The number of nitrogens with one attached hydrogen (secondary N) is 1. The van der Waals surface area contributed by atoms with Gasteiger partial charge in [0, 0.05) is 13.1 Å². The molecule has 0 aromatic rings. The van der Waals surface area contributed by atoms with E-state index in [2.05, 4.69) is 30.1 Å². The molecule has 1 aliphatic rings. The molecule has 0 unspecified atom stereocenters. The topological polar surface area (TPSA) is 39.1 Å². The lowest BCUT2D eigenvalue weighted by atomic mass is 9.89. The summed E-state index contributed by atoms with van der Waals surface area (Å²) in [4.78, 5) is 2.46. The lowest BCUT2D eigenvalue weighted by Crippen LogP contribution is -2.52. The zero-order valence-electron chi connectivity index (χ0n) is 10.1. The maximum absolute atomic E-state index is 9.25. The number of hydrogen-bond acceptors (Lipinski definition) is 3. The van der Waals surface area contributed by atoms with Crippen molar-refractivity contribution in [1.29, 1.82) is 5.26 Å². The molecule has 1 rings (SSSR count). The van der Waals surface area contributed by atoms with Crippen LogP contribution in [0.15, 0.2) is 0 Å². The normalized spacial score (nSPS) is 21.1. The van der Waals surface area contributed by atoms with E-state index in [9.17, 15) is 5.26 Å². The van der Waals surface area contributed by atoms with Crippen LogP contribution in [0.5, 0.6) is 0 Å². The van der Waals surface area contributed by atoms with Gasteiger partial charge in [0.15, 0.2) is 0 Å². The molecular weight excluding hydrogens is 186 g/mol. The highest BCUT2D eigenvalue weighted by atomic mass is 15.1. The third-order valence-electron chi connectivity index (χ3n) is 3.18. The fourth-order valence-electron chi connectivity index (χ4n) is 2.17. The molecule has 3 nitrogen and oxygen atoms in total. The van der Waals surface area contributed by atoms with Gasteiger partial charge in [0.25, 0.3) is 0 Å². The molecule has 1 fully saturated rings. The molecule has 0 bridgehead atoms. The highest BCUT2D eigenvalue weighted by Crippen LogP contribution is 2.21. The Kier molecular flexibility index (Phi) is 5.07. The summed E-state index contributed by atoms with van der Waals surface area (Å²) < 4.78 is 0. The largest absolute Gasteiger partial charge is 0.303 e. The van der Waals surface area contributed by atoms with Gasteiger partial charge in [-0.25, -0.2) is 0 Å². The quantitative estimate of drug-likeness (QED) is 0.750. The first kappa shape index (κ1) is 12.5. The number of likely N-dealkylation sites (tertiary alicyclic amines) is 1. The summed E-state index contributed by atoms with van der Waals surface area (Å²) in [5.41, 5.74) is -0.236. The van der Waals surface area contributed by atoms with E-state index in [0.717, 1.165) is 38.9 Å². The Morgan fingerprint density at radius 2 is 1.93 bits per heavy atom. The van der Waals surface area contributed by atoms with Gasteiger partial charge in [-0.3, -0.25) is 5.32 Å². The van der Waals surface area contributed by atoms with Gasteiger partial charge in [-0.05, 0) is 38.8 Å². The predicted octanol–water partition coefficient (Wildman–Crippen LogP) is 1.75. The van der Waals surface area contributed by atoms with Gasteiger partial charge in [-0.1, -0.05) is 13.8 Å². The number of nitriles is 1. The standard InChI is InChI=1S/C12H23N3/c1-3-7-14-12(11-13)5-9-15(8-4-2)10-6-12/h14H,3-10H2,1-2H3. The van der Waals surface area contributed by atoms with Gasteiger partial charge >= 0.3 is 0 Å². The van der Waals surface area contributed by atoms with Crippen molar-refractivity contribution in [2.45, 2.75) is 45.1 Å². The zero-order chi connectivity index (χ0) is 11.1. The van der Waals surface area contributed by atoms with Crippen molar-refractivity contribution in [3.63, 3.8) is 0 Å². The van der Waals surface area contributed by atoms with Gasteiger partial charge in [-0.2, -0.15) is 5.26 Å². The minimum absolute atomic E-state index is 0.236. The minimum atomic E-state index is -0.236. The monoisotopic (exact) mass is 209 g/mol. The lowest BCUT2D eigenvalue weighted by molar-refractivity contribution is 0.167. The molecule has 0 spiro atoms. The molecule has 1 saturated heterocycles. The molecule has 0 radical (unpaired) electrons. The van der Waals surface area contributed by atoms with Crippen LogP contribution in [-0.2, 0) is 0 Å². The van der Waals surface area contributed by atoms with Crippen LogP contribution >= 0.6 is 0 Å². The van der Waals surface area contributed by atoms with E-state index in [4.69, 9.17) is 0 Å². The molecule has 0 atom stereocenters. The second-order valence-electron chi connectivity index (χ2n) is 4.46. The van der Waals surface area contributed by atoms with E-state index < -0.39 is 0 Å². The Morgan fingerprint density at radius 3 is 2.40 bits per heavy atom. The van der Waals surface area contributed by atoms with Crippen LogP contribution in [0.2, 0.25) is 0 Å². The second kappa shape index (κ2) is 6.09. The molecule has 1 N–H and O–H groups in total. The number of hydrogen-bond donors (Lipinski definition) is 1. The van der Waals surface area contributed by atoms with Crippen LogP contribution in [0.1, 0.15) is 39.5 Å². The van der Waals surface area contributed by atoms with E-state index in [0.29, 0.717) is 0 Å². The van der Waals surface area contributed by atoms with Crippen molar-refractivity contribution < 1.29 is 0 Å². The highest BCUT2D eigenvalue weighted by Gasteiger charge is 2.33. The van der Waals surface area contributed by atoms with Gasteiger partial charge in [0.2, 0.25) is 0 Å². The number of piperidine rings is 1. The number of rotatable bonds is 5. The van der Waals surface area contributed by atoms with Gasteiger partial charge in [0.05, 0.1) is 6.07 Å². The maximum Gasteiger partial charge on any atom is 0.109 e. The molecule has 0 aromatic heterocycles. The Labute approximate surface area is 93.5 Å². The molecule has 1 aliphatic heterocycles. The van der Waals surface area contributed by atoms with Crippen LogP contribution in [-0.4, -0.2) is 36.6 Å². The third-order valence-corrected chi connectivity index (χ3v) is 3.18. The summed E-state index contributed by atoms with van der Waals surface area (Å²) in [6.45, 7) is 8.62. The van der Waals surface area contributed by atoms with Crippen molar-refractivity contribution in [3.05, 3.63) is 0 Å².